The number of esters is 2. The molecule has 808 valence electrons. The topological polar surface area (TPSA) is 261 Å². The third-order valence-corrected chi connectivity index (χ3v) is 34.8. The Balaban J connectivity index is 1.39. The van der Waals surface area contributed by atoms with Crippen LogP contribution in [0.4, 0.5) is 4.79 Å². The zero-order valence-corrected chi connectivity index (χ0v) is 92.2. The second kappa shape index (κ2) is 74.6. The quantitative estimate of drug-likeness (QED) is 0.0108. The van der Waals surface area contributed by atoms with Crippen molar-refractivity contribution in [2.24, 2.45) is 11.8 Å². The Labute approximate surface area is 865 Å². The Kier molecular flexibility index (Phi) is 64.5. The van der Waals surface area contributed by atoms with E-state index in [2.05, 4.69) is 80.4 Å². The minimum atomic E-state index is -4.78. The smallest absolute Gasteiger partial charge is 0.462 e. The molecule has 0 aliphatic carbocycles. The van der Waals surface area contributed by atoms with Gasteiger partial charge in [-0.25, -0.2) is 9.36 Å². The molecule has 3 heterocycles. The molecule has 2 saturated heterocycles. The standard InChI is InChI=1S/C119H192NO21PSi/c1-12-18-23-28-33-37-38-39-40-44-48-53-67-82-103(121)98(77-64-50-46-41-34-29-24-19-13-2)85-104(122)110-114(138-109(125)87-101(80-65-51-45-32-27-22-16-5)130-89-96-73-60-56-61-74-96)112(131-90-97-75-62-57-63-76-97)106(136-116(110)141-143(10,11)119(7,8)9)94-132-117-111(120-107(123)86-102(81-66-52-47-42-35-30-25-20-14-3)135-108(124)83-68-54-49-43-36-31-26-21-15-4)115(139-118(126)129-84-17-6)113(105(137-117)93-128-88-95-71-58-55-59-72-95)140-142(127)133-91-99-78-69-70-79-100(99)92-134-142/h17,55-63,69-76,78-79,98,101-102,105-106,110-117H,6,12-16,18-54,64-68,77,80-94H2,1-5,7-11H3,(H,120,123)/t98-,101-,102-,105-,106-,110-,111-,112-,113-,114-,115-,116+,117-/m1/s1. The average Bonchev–Trinajstić information content (AvgIpc) is 1.17. The summed E-state index contributed by atoms with van der Waals surface area (Å²) in [4.78, 5) is 93.6. The number of carbonyl (C=O) groups excluding carboxylic acids is 6. The fourth-order valence-electron chi connectivity index (χ4n) is 19.3. The molecule has 24 heteroatoms. The molecule has 7 rings (SSSR count). The van der Waals surface area contributed by atoms with Gasteiger partial charge in [-0.2, -0.15) is 0 Å². The summed E-state index contributed by atoms with van der Waals surface area (Å²) in [6, 6.07) is 34.6. The van der Waals surface area contributed by atoms with Crippen LogP contribution in [0.15, 0.2) is 128 Å². The number of hydrogen-bond acceptors (Lipinski definition) is 21. The Hall–Kier alpha value is -6.31. The predicted molar refractivity (Wildman–Crippen MR) is 574 cm³/mol. The normalized spacial score (nSPS) is 19.8. The van der Waals surface area contributed by atoms with Crippen LogP contribution in [-0.2, 0) is 127 Å². The highest BCUT2D eigenvalue weighted by atomic mass is 31.2. The zero-order chi connectivity index (χ0) is 103. The van der Waals surface area contributed by atoms with Gasteiger partial charge < -0.3 is 57.1 Å². The van der Waals surface area contributed by atoms with E-state index in [1.165, 1.54) is 128 Å². The molecule has 0 bridgehead atoms. The van der Waals surface area contributed by atoms with Gasteiger partial charge in [-0.1, -0.05) is 466 Å². The first-order valence-electron chi connectivity index (χ1n) is 56.9. The van der Waals surface area contributed by atoms with Crippen LogP contribution in [0.3, 0.4) is 0 Å². The number of phosphoric acid groups is 1. The summed E-state index contributed by atoms with van der Waals surface area (Å²) >= 11 is 0. The largest absolute Gasteiger partial charge is 0.509 e. The van der Waals surface area contributed by atoms with E-state index in [1.54, 1.807) is 0 Å². The molecule has 1 amide bonds. The summed E-state index contributed by atoms with van der Waals surface area (Å²) in [6.07, 6.45) is 38.4. The molecule has 0 aromatic heterocycles. The van der Waals surface area contributed by atoms with Gasteiger partial charge in [0.25, 0.3) is 0 Å². The van der Waals surface area contributed by atoms with E-state index >= 15 is 23.7 Å². The summed E-state index contributed by atoms with van der Waals surface area (Å²) < 4.78 is 112. The molecule has 13 atom stereocenters. The van der Waals surface area contributed by atoms with Crippen molar-refractivity contribution in [3.8, 4) is 0 Å². The van der Waals surface area contributed by atoms with Crippen molar-refractivity contribution in [1.82, 2.24) is 5.32 Å². The summed E-state index contributed by atoms with van der Waals surface area (Å²) in [6.45, 7) is 24.0. The third-order valence-electron chi connectivity index (χ3n) is 29.0. The van der Waals surface area contributed by atoms with Crippen molar-refractivity contribution in [1.29, 1.82) is 0 Å². The highest BCUT2D eigenvalue weighted by molar-refractivity contribution is 7.48. The van der Waals surface area contributed by atoms with Gasteiger partial charge in [-0.15, -0.1) is 0 Å². The number of ether oxygens (including phenoxy) is 10. The van der Waals surface area contributed by atoms with E-state index in [1.807, 2.05) is 115 Å². The third kappa shape index (κ3) is 51.2. The fraction of sp³-hybridized carbons (Fsp3) is 0.731. The molecule has 4 aromatic rings. The van der Waals surface area contributed by atoms with Crippen LogP contribution in [0.5, 0.6) is 0 Å². The van der Waals surface area contributed by atoms with Crippen LogP contribution in [0.25, 0.3) is 0 Å². The first kappa shape index (κ1) is 124. The van der Waals surface area contributed by atoms with Crippen molar-refractivity contribution in [2.75, 3.05) is 19.8 Å². The molecule has 3 aliphatic rings. The second-order valence-corrected chi connectivity index (χ2v) is 48.8. The summed E-state index contributed by atoms with van der Waals surface area (Å²) in [5, 5.41) is 2.66. The molecule has 0 unspecified atom stereocenters. The van der Waals surface area contributed by atoms with Crippen LogP contribution in [0.1, 0.15) is 436 Å². The van der Waals surface area contributed by atoms with Crippen LogP contribution in [-0.4, -0.2) is 131 Å². The van der Waals surface area contributed by atoms with Crippen molar-refractivity contribution in [2.45, 2.75) is 527 Å². The Morgan fingerprint density at radius 2 is 0.860 bits per heavy atom. The summed E-state index contributed by atoms with van der Waals surface area (Å²) in [7, 11) is -7.91. The van der Waals surface area contributed by atoms with E-state index in [0.29, 0.717) is 56.1 Å². The highest BCUT2D eigenvalue weighted by Crippen LogP contribution is 2.56. The molecular weight excluding hydrogens is 1840 g/mol. The Morgan fingerprint density at radius 3 is 1.34 bits per heavy atom. The minimum absolute atomic E-state index is 0.0305. The number of carbonyl (C=O) groups is 6. The predicted octanol–water partition coefficient (Wildman–Crippen LogP) is 31.0. The van der Waals surface area contributed by atoms with Crippen molar-refractivity contribution >= 4 is 51.7 Å². The number of benzene rings is 4. The molecule has 0 saturated carbocycles. The number of unbranched alkanes of at least 4 members (excludes halogenated alkanes) is 42. The number of amides is 1. The maximum Gasteiger partial charge on any atom is 0.509 e. The van der Waals surface area contributed by atoms with Gasteiger partial charge in [-0.3, -0.25) is 37.5 Å². The molecule has 4 aromatic carbocycles. The van der Waals surface area contributed by atoms with E-state index in [0.717, 1.165) is 177 Å². The maximum atomic E-state index is 17.0. The Bertz CT molecular complexity index is 4030. The van der Waals surface area contributed by atoms with Crippen molar-refractivity contribution in [3.05, 3.63) is 156 Å². The number of hydrogen-bond donors (Lipinski definition) is 1. The SMILES string of the molecule is C=CCOC(=O)O[C@@H]1[C@@H](NC(=O)C[C@@H](CCCCCCCCCCC)OC(=O)CCCCCCCCCCC)[C@H](OC[C@H]2O[C@@H](O[Si](C)(C)C(C)(C)C)[C@H](C(=O)C[C@@H](CCCCCCCCCCC)C(=O)CCCCCCCCCCCCCCC)[C@@H](OC(=O)C[C@@H](CCCCCCCCC)OCc3ccccc3)[C@@H]2OCc2ccccc2)O[C@H](COCc2ccccc2)[C@H]1OP1(=O)OCc2ccccc2CO1. The Morgan fingerprint density at radius 1 is 0.441 bits per heavy atom. The lowest BCUT2D eigenvalue weighted by Gasteiger charge is -2.49. The molecular formula is C119H192NO21PSi. The number of nitrogens with one attached hydrogen (secondary N) is 1. The first-order chi connectivity index (χ1) is 69.5. The van der Waals surface area contributed by atoms with E-state index in [-0.39, 0.29) is 83.5 Å². The molecule has 0 radical (unpaired) electrons. The molecule has 2 fully saturated rings. The minimum Gasteiger partial charge on any atom is -0.462 e. The maximum absolute atomic E-state index is 17.0. The lowest BCUT2D eigenvalue weighted by atomic mass is 9.81. The van der Waals surface area contributed by atoms with Crippen molar-refractivity contribution < 1.29 is 98.7 Å². The van der Waals surface area contributed by atoms with Gasteiger partial charge in [0.1, 0.15) is 66.8 Å². The number of phosphoric ester groups is 1. The van der Waals surface area contributed by atoms with Crippen LogP contribution in [0.2, 0.25) is 18.1 Å². The number of ketones is 2. The van der Waals surface area contributed by atoms with Gasteiger partial charge in [0.15, 0.2) is 27.0 Å². The highest BCUT2D eigenvalue weighted by Gasteiger charge is 2.58. The van der Waals surface area contributed by atoms with Gasteiger partial charge in [0.05, 0.1) is 65.2 Å². The number of rotatable bonds is 83. The van der Waals surface area contributed by atoms with E-state index in [9.17, 15) is 9.59 Å². The van der Waals surface area contributed by atoms with E-state index in [4.69, 9.17) is 65.4 Å². The fourth-order valence-corrected chi connectivity index (χ4v) is 21.7. The number of Topliss-reactive ketones (excluding diaryl/α,β-unsaturated/α-hetero) is 2. The molecule has 1 N–H and O–H groups in total. The van der Waals surface area contributed by atoms with Gasteiger partial charge in [-0.05, 0) is 84.5 Å². The van der Waals surface area contributed by atoms with Gasteiger partial charge >= 0.3 is 25.9 Å². The summed E-state index contributed by atoms with van der Waals surface area (Å²) in [5.74, 6) is -4.15. The molecule has 143 heavy (non-hydrogen) atoms. The van der Waals surface area contributed by atoms with E-state index < -0.39 is 131 Å². The second-order valence-electron chi connectivity index (χ2n) is 42.4. The number of fused-ring (bicyclic) bond motifs is 1. The van der Waals surface area contributed by atoms with Crippen LogP contribution >= 0.6 is 7.82 Å². The molecule has 0 spiro atoms. The summed E-state index contributed by atoms with van der Waals surface area (Å²) in [5.41, 5.74) is 3.85. The lowest BCUT2D eigenvalue weighted by molar-refractivity contribution is -0.305. The average molecular weight is 2030 g/mol. The zero-order valence-electron chi connectivity index (χ0n) is 90.3. The van der Waals surface area contributed by atoms with Crippen LogP contribution in [0, 0.1) is 11.8 Å². The lowest BCUT2D eigenvalue weighted by Crippen LogP contribution is -2.67. The van der Waals surface area contributed by atoms with Crippen molar-refractivity contribution in [3.63, 3.8) is 0 Å². The first-order valence-corrected chi connectivity index (χ1v) is 61.2. The van der Waals surface area contributed by atoms with Gasteiger partial charge in [0.2, 0.25) is 5.91 Å². The monoisotopic (exact) mass is 2030 g/mol. The van der Waals surface area contributed by atoms with Gasteiger partial charge in [0, 0.05) is 25.2 Å². The molecule has 22 nitrogen and oxygen atoms in total. The van der Waals surface area contributed by atoms with Crippen LogP contribution < -0.4 is 5.32 Å². The molecule has 3 aliphatic heterocycles.